The summed E-state index contributed by atoms with van der Waals surface area (Å²) in [6.07, 6.45) is 10.2. The quantitative estimate of drug-likeness (QED) is 0.856. The van der Waals surface area contributed by atoms with Gasteiger partial charge < -0.3 is 15.1 Å². The molecule has 3 heteroatoms. The number of likely N-dealkylation sites (tertiary alicyclic amines) is 2. The van der Waals surface area contributed by atoms with Gasteiger partial charge in [0.05, 0.1) is 0 Å². The minimum Gasteiger partial charge on any atom is -0.317 e. The van der Waals surface area contributed by atoms with Crippen molar-refractivity contribution in [2.45, 2.75) is 44.9 Å². The van der Waals surface area contributed by atoms with Crippen molar-refractivity contribution < 1.29 is 0 Å². The summed E-state index contributed by atoms with van der Waals surface area (Å²) in [5.41, 5.74) is 0.775. The standard InChI is InChI=1S/C18H33N3/c1-2-10-20(9-1)14-16-3-11-21(12-4-16)15-17-13-18(17)5-7-19-8-6-18/h16-17,19H,1-15H2. The molecular weight excluding hydrogens is 258 g/mol. The maximum atomic E-state index is 3.53. The number of nitrogens with zero attached hydrogens (tertiary/aromatic N) is 2. The van der Waals surface area contributed by atoms with Gasteiger partial charge in [-0.25, -0.2) is 0 Å². The van der Waals surface area contributed by atoms with Gasteiger partial charge in [-0.3, -0.25) is 0 Å². The van der Waals surface area contributed by atoms with Crippen molar-refractivity contribution in [2.24, 2.45) is 17.3 Å². The summed E-state index contributed by atoms with van der Waals surface area (Å²) in [7, 11) is 0. The molecule has 0 aromatic carbocycles. The van der Waals surface area contributed by atoms with E-state index in [1.54, 1.807) is 0 Å². The molecule has 4 aliphatic rings. The Morgan fingerprint density at radius 2 is 1.52 bits per heavy atom. The van der Waals surface area contributed by atoms with Crippen molar-refractivity contribution in [3.05, 3.63) is 0 Å². The zero-order valence-electron chi connectivity index (χ0n) is 13.7. The summed E-state index contributed by atoms with van der Waals surface area (Å²) >= 11 is 0. The van der Waals surface area contributed by atoms with Gasteiger partial charge in [-0.05, 0) is 101 Å². The van der Waals surface area contributed by atoms with Crippen molar-refractivity contribution in [2.75, 3.05) is 52.4 Å². The van der Waals surface area contributed by atoms with Crippen LogP contribution in [0.4, 0.5) is 0 Å². The first-order valence-electron chi connectivity index (χ1n) is 9.50. The van der Waals surface area contributed by atoms with Crippen LogP contribution in [-0.2, 0) is 0 Å². The summed E-state index contributed by atoms with van der Waals surface area (Å²) in [4.78, 5) is 5.51. The second-order valence-electron chi connectivity index (χ2n) is 8.27. The molecule has 120 valence electrons. The molecule has 0 bridgehead atoms. The second kappa shape index (κ2) is 6.17. The normalized spacial score (nSPS) is 34.6. The number of rotatable bonds is 4. The molecule has 1 saturated carbocycles. The van der Waals surface area contributed by atoms with Gasteiger partial charge in [0, 0.05) is 13.1 Å². The van der Waals surface area contributed by atoms with Crippen LogP contribution in [0.5, 0.6) is 0 Å². The highest BCUT2D eigenvalue weighted by Crippen LogP contribution is 2.58. The highest BCUT2D eigenvalue weighted by molar-refractivity contribution is 5.05. The molecule has 1 unspecified atom stereocenters. The van der Waals surface area contributed by atoms with E-state index >= 15 is 0 Å². The van der Waals surface area contributed by atoms with E-state index in [2.05, 4.69) is 15.1 Å². The molecular formula is C18H33N3. The van der Waals surface area contributed by atoms with E-state index in [-0.39, 0.29) is 0 Å². The van der Waals surface area contributed by atoms with Crippen molar-refractivity contribution >= 4 is 0 Å². The van der Waals surface area contributed by atoms with Crippen LogP contribution in [0.3, 0.4) is 0 Å². The van der Waals surface area contributed by atoms with E-state index < -0.39 is 0 Å². The summed E-state index contributed by atoms with van der Waals surface area (Å²) in [5.74, 6) is 2.03. The Morgan fingerprint density at radius 1 is 0.857 bits per heavy atom. The zero-order valence-corrected chi connectivity index (χ0v) is 13.7. The van der Waals surface area contributed by atoms with Crippen LogP contribution in [0, 0.1) is 17.3 Å². The Morgan fingerprint density at radius 3 is 2.24 bits per heavy atom. The van der Waals surface area contributed by atoms with E-state index in [1.165, 1.54) is 97.3 Å². The number of nitrogens with one attached hydrogen (secondary N) is 1. The first-order chi connectivity index (χ1) is 10.3. The van der Waals surface area contributed by atoms with E-state index in [4.69, 9.17) is 0 Å². The lowest BCUT2D eigenvalue weighted by Gasteiger charge is -2.34. The maximum Gasteiger partial charge on any atom is 0.00152 e. The molecule has 1 N–H and O–H groups in total. The molecule has 3 nitrogen and oxygen atoms in total. The average Bonchev–Trinajstić information content (AvgIpc) is 2.93. The Labute approximate surface area is 130 Å². The molecule has 0 aromatic rings. The number of piperidine rings is 2. The van der Waals surface area contributed by atoms with Crippen molar-refractivity contribution in [3.63, 3.8) is 0 Å². The SMILES string of the molecule is C1CCN(CC2CCN(CC3CC34CCNCC4)CC2)C1. The predicted octanol–water partition coefficient (Wildman–Crippen LogP) is 2.18. The minimum absolute atomic E-state index is 0.775. The van der Waals surface area contributed by atoms with Crippen LogP contribution in [0.1, 0.15) is 44.9 Å². The van der Waals surface area contributed by atoms with Crippen molar-refractivity contribution in [1.82, 2.24) is 15.1 Å². The highest BCUT2D eigenvalue weighted by Gasteiger charge is 2.53. The van der Waals surface area contributed by atoms with Crippen LogP contribution < -0.4 is 5.32 Å². The van der Waals surface area contributed by atoms with Gasteiger partial charge in [-0.2, -0.15) is 0 Å². The molecule has 0 radical (unpaired) electrons. The molecule has 0 aromatic heterocycles. The summed E-state index contributed by atoms with van der Waals surface area (Å²) in [6.45, 7) is 10.9. The van der Waals surface area contributed by atoms with Gasteiger partial charge in [0.2, 0.25) is 0 Å². The average molecular weight is 291 g/mol. The Bertz CT molecular complexity index is 336. The van der Waals surface area contributed by atoms with Crippen LogP contribution in [0.15, 0.2) is 0 Å². The van der Waals surface area contributed by atoms with Crippen molar-refractivity contribution in [3.8, 4) is 0 Å². The summed E-state index contributed by atoms with van der Waals surface area (Å²) < 4.78 is 0. The fourth-order valence-corrected chi connectivity index (χ4v) is 5.22. The minimum atomic E-state index is 0.775. The smallest absolute Gasteiger partial charge is 0.00152 e. The van der Waals surface area contributed by atoms with Gasteiger partial charge in [-0.15, -0.1) is 0 Å². The van der Waals surface area contributed by atoms with Crippen LogP contribution in [0.25, 0.3) is 0 Å². The Balaban J connectivity index is 1.18. The monoisotopic (exact) mass is 291 g/mol. The molecule has 4 rings (SSSR count). The van der Waals surface area contributed by atoms with Crippen LogP contribution in [0.2, 0.25) is 0 Å². The lowest BCUT2D eigenvalue weighted by atomic mass is 9.91. The van der Waals surface area contributed by atoms with Gasteiger partial charge in [-0.1, -0.05) is 0 Å². The molecule has 1 aliphatic carbocycles. The van der Waals surface area contributed by atoms with Crippen molar-refractivity contribution in [1.29, 1.82) is 0 Å². The lowest BCUT2D eigenvalue weighted by molar-refractivity contribution is 0.142. The molecule has 1 atom stereocenters. The van der Waals surface area contributed by atoms with Gasteiger partial charge in [0.1, 0.15) is 0 Å². The van der Waals surface area contributed by atoms with E-state index in [9.17, 15) is 0 Å². The van der Waals surface area contributed by atoms with E-state index in [1.807, 2.05) is 0 Å². The lowest BCUT2D eigenvalue weighted by Crippen LogP contribution is -2.40. The molecule has 4 fully saturated rings. The fourth-order valence-electron chi connectivity index (χ4n) is 5.22. The molecule has 3 aliphatic heterocycles. The van der Waals surface area contributed by atoms with Crippen LogP contribution in [-0.4, -0.2) is 62.2 Å². The van der Waals surface area contributed by atoms with Gasteiger partial charge >= 0.3 is 0 Å². The second-order valence-corrected chi connectivity index (χ2v) is 8.27. The van der Waals surface area contributed by atoms with Crippen LogP contribution >= 0.6 is 0 Å². The maximum absolute atomic E-state index is 3.53. The molecule has 21 heavy (non-hydrogen) atoms. The van der Waals surface area contributed by atoms with E-state index in [0.29, 0.717) is 0 Å². The number of hydrogen-bond donors (Lipinski definition) is 1. The summed E-state index contributed by atoms with van der Waals surface area (Å²) in [6, 6.07) is 0. The fraction of sp³-hybridized carbons (Fsp3) is 1.00. The predicted molar refractivity (Wildman–Crippen MR) is 87.5 cm³/mol. The summed E-state index contributed by atoms with van der Waals surface area (Å²) in [5, 5.41) is 3.53. The van der Waals surface area contributed by atoms with Gasteiger partial charge in [0.15, 0.2) is 0 Å². The number of hydrogen-bond acceptors (Lipinski definition) is 3. The first-order valence-corrected chi connectivity index (χ1v) is 9.50. The third kappa shape index (κ3) is 3.30. The molecule has 0 amide bonds. The Kier molecular flexibility index (Phi) is 4.25. The third-order valence-electron chi connectivity index (χ3n) is 6.86. The molecule has 3 heterocycles. The topological polar surface area (TPSA) is 18.5 Å². The zero-order chi connectivity index (χ0) is 14.1. The van der Waals surface area contributed by atoms with Gasteiger partial charge in [0.25, 0.3) is 0 Å². The van der Waals surface area contributed by atoms with E-state index in [0.717, 1.165) is 17.3 Å². The molecule has 1 spiro atoms. The molecule has 3 saturated heterocycles. The first kappa shape index (κ1) is 14.5. The third-order valence-corrected chi connectivity index (χ3v) is 6.86. The Hall–Kier alpha value is -0.120. The highest BCUT2D eigenvalue weighted by atomic mass is 15.2. The largest absolute Gasteiger partial charge is 0.317 e.